The molecule has 1 atom stereocenters. The predicted octanol–water partition coefficient (Wildman–Crippen LogP) is 2.35. The second kappa shape index (κ2) is 9.20. The van der Waals surface area contributed by atoms with Crippen LogP contribution in [0.25, 0.3) is 0 Å². The molecule has 0 saturated carbocycles. The summed E-state index contributed by atoms with van der Waals surface area (Å²) in [6.07, 6.45) is 3.78. The van der Waals surface area contributed by atoms with E-state index in [9.17, 15) is 9.59 Å². The Morgan fingerprint density at radius 3 is 2.74 bits per heavy atom. The molecule has 0 radical (unpaired) electrons. The van der Waals surface area contributed by atoms with Crippen molar-refractivity contribution in [1.82, 2.24) is 25.0 Å². The maximum atomic E-state index is 13.0. The molecule has 0 spiro atoms. The number of carbonyl (C=O) groups is 2. The number of nitrogens with zero attached hydrogens (tertiary/aromatic N) is 4. The van der Waals surface area contributed by atoms with Crippen molar-refractivity contribution >= 4 is 11.8 Å². The molecule has 2 amide bonds. The molecule has 10 nitrogen and oxygen atoms in total. The fourth-order valence-corrected chi connectivity index (χ4v) is 4.31. The van der Waals surface area contributed by atoms with Gasteiger partial charge in [0.25, 0.3) is 5.91 Å². The van der Waals surface area contributed by atoms with Gasteiger partial charge >= 0.3 is 0 Å². The summed E-state index contributed by atoms with van der Waals surface area (Å²) in [5, 5.41) is 11.8. The highest BCUT2D eigenvalue weighted by Gasteiger charge is 2.29. The van der Waals surface area contributed by atoms with E-state index in [2.05, 4.69) is 15.5 Å². The first-order valence-corrected chi connectivity index (χ1v) is 11.4. The van der Waals surface area contributed by atoms with Gasteiger partial charge in [0, 0.05) is 26.1 Å². The Hall–Kier alpha value is -3.82. The van der Waals surface area contributed by atoms with Crippen molar-refractivity contribution in [2.45, 2.75) is 39.3 Å². The largest absolute Gasteiger partial charge is 0.472 e. The van der Waals surface area contributed by atoms with Gasteiger partial charge < -0.3 is 28.7 Å². The number of fused-ring (bicyclic) bond motifs is 2. The van der Waals surface area contributed by atoms with Gasteiger partial charge in [-0.1, -0.05) is 19.9 Å². The van der Waals surface area contributed by atoms with Crippen LogP contribution in [0.3, 0.4) is 0 Å². The zero-order valence-corrected chi connectivity index (χ0v) is 19.2. The maximum Gasteiger partial charge on any atom is 0.255 e. The van der Waals surface area contributed by atoms with Gasteiger partial charge in [0.1, 0.15) is 12.1 Å². The lowest BCUT2D eigenvalue weighted by atomic mass is 10.0. The zero-order chi connectivity index (χ0) is 23.7. The molecular weight excluding hydrogens is 438 g/mol. The number of benzene rings is 1. The van der Waals surface area contributed by atoms with E-state index in [4.69, 9.17) is 13.9 Å². The zero-order valence-electron chi connectivity index (χ0n) is 19.2. The van der Waals surface area contributed by atoms with Gasteiger partial charge in [-0.15, -0.1) is 10.2 Å². The number of hydrogen-bond donors (Lipinski definition) is 1. The van der Waals surface area contributed by atoms with Crippen molar-refractivity contribution in [2.24, 2.45) is 5.92 Å². The van der Waals surface area contributed by atoms with Crippen LogP contribution in [0.5, 0.6) is 11.5 Å². The molecule has 2 aliphatic rings. The van der Waals surface area contributed by atoms with Gasteiger partial charge in [-0.05, 0) is 29.7 Å². The lowest BCUT2D eigenvalue weighted by Gasteiger charge is -2.23. The van der Waals surface area contributed by atoms with Crippen LogP contribution in [-0.4, -0.2) is 51.4 Å². The van der Waals surface area contributed by atoms with Crippen LogP contribution < -0.4 is 14.8 Å². The first-order valence-electron chi connectivity index (χ1n) is 11.4. The number of carbonyl (C=O) groups excluding carboxylic acids is 2. The van der Waals surface area contributed by atoms with Gasteiger partial charge in [0.2, 0.25) is 12.7 Å². The van der Waals surface area contributed by atoms with Gasteiger partial charge in [0.15, 0.2) is 17.3 Å². The van der Waals surface area contributed by atoms with Crippen LogP contribution in [0.1, 0.15) is 47.5 Å². The van der Waals surface area contributed by atoms with Crippen LogP contribution in [0.4, 0.5) is 0 Å². The smallest absolute Gasteiger partial charge is 0.255 e. The third-order valence-corrected chi connectivity index (χ3v) is 6.21. The monoisotopic (exact) mass is 465 g/mol. The number of nitrogens with one attached hydrogen (secondary N) is 1. The van der Waals surface area contributed by atoms with E-state index >= 15 is 0 Å². The summed E-state index contributed by atoms with van der Waals surface area (Å²) in [5.41, 5.74) is 1.35. The first-order chi connectivity index (χ1) is 16.5. The van der Waals surface area contributed by atoms with Crippen molar-refractivity contribution in [3.05, 3.63) is 59.6 Å². The second-order valence-corrected chi connectivity index (χ2v) is 8.83. The van der Waals surface area contributed by atoms with Crippen molar-refractivity contribution in [2.75, 3.05) is 19.9 Å². The fourth-order valence-electron chi connectivity index (χ4n) is 4.31. The number of rotatable bonds is 6. The van der Waals surface area contributed by atoms with Crippen LogP contribution in [0.15, 0.2) is 41.2 Å². The average molecular weight is 466 g/mol. The van der Waals surface area contributed by atoms with Gasteiger partial charge in [-0.25, -0.2) is 0 Å². The summed E-state index contributed by atoms with van der Waals surface area (Å²) in [6, 6.07) is 6.90. The summed E-state index contributed by atoms with van der Waals surface area (Å²) >= 11 is 0. The van der Waals surface area contributed by atoms with E-state index < -0.39 is 0 Å². The van der Waals surface area contributed by atoms with E-state index in [1.54, 1.807) is 6.07 Å². The summed E-state index contributed by atoms with van der Waals surface area (Å²) in [5.74, 6) is 2.82. The van der Waals surface area contributed by atoms with Gasteiger partial charge in [-0.3, -0.25) is 9.59 Å². The maximum absolute atomic E-state index is 13.0. The molecule has 0 bridgehead atoms. The Bertz CT molecular complexity index is 1190. The van der Waals surface area contributed by atoms with E-state index in [0.29, 0.717) is 55.4 Å². The minimum absolute atomic E-state index is 0.0489. The number of amides is 2. The lowest BCUT2D eigenvalue weighted by molar-refractivity contribution is -0.130. The Balaban J connectivity index is 1.27. The number of hydrogen-bond acceptors (Lipinski definition) is 7. The number of furan rings is 1. The fraction of sp³-hybridized carbons (Fsp3) is 0.417. The van der Waals surface area contributed by atoms with Crippen molar-refractivity contribution in [3.8, 4) is 11.5 Å². The van der Waals surface area contributed by atoms with E-state index in [-0.39, 0.29) is 30.6 Å². The first kappa shape index (κ1) is 22.0. The number of aromatic nitrogens is 3. The molecule has 1 aromatic carbocycles. The van der Waals surface area contributed by atoms with E-state index in [1.807, 2.05) is 41.5 Å². The van der Waals surface area contributed by atoms with Crippen LogP contribution >= 0.6 is 0 Å². The van der Waals surface area contributed by atoms with Crippen molar-refractivity contribution in [1.29, 1.82) is 0 Å². The number of ether oxygens (including phenoxy) is 2. The highest BCUT2D eigenvalue weighted by molar-refractivity contribution is 5.94. The highest BCUT2D eigenvalue weighted by atomic mass is 16.7. The summed E-state index contributed by atoms with van der Waals surface area (Å²) in [7, 11) is 0. The molecule has 178 valence electrons. The molecule has 0 aliphatic carbocycles. The van der Waals surface area contributed by atoms with Crippen molar-refractivity contribution in [3.63, 3.8) is 0 Å². The Morgan fingerprint density at radius 1 is 1.09 bits per heavy atom. The van der Waals surface area contributed by atoms with Crippen LogP contribution in [0, 0.1) is 5.92 Å². The predicted molar refractivity (Wildman–Crippen MR) is 120 cm³/mol. The van der Waals surface area contributed by atoms with Crippen molar-refractivity contribution < 1.29 is 23.5 Å². The molecule has 10 heteroatoms. The van der Waals surface area contributed by atoms with Crippen LogP contribution in [-0.2, 0) is 24.2 Å². The Morgan fingerprint density at radius 2 is 1.94 bits per heavy atom. The SMILES string of the molecule is CC(C)C(NC(=O)c1ccoc1)c1nnc2n1CCN(C(=O)Cc1ccc3c(c1)OCO3)CC2. The molecule has 1 unspecified atom stereocenters. The molecule has 34 heavy (non-hydrogen) atoms. The molecule has 1 N–H and O–H groups in total. The topological polar surface area (TPSA) is 112 Å². The molecule has 2 aromatic heterocycles. The summed E-state index contributed by atoms with van der Waals surface area (Å²) < 4.78 is 17.8. The Kier molecular flexibility index (Phi) is 5.95. The van der Waals surface area contributed by atoms with E-state index in [0.717, 1.165) is 11.4 Å². The highest BCUT2D eigenvalue weighted by Crippen LogP contribution is 2.32. The normalized spacial score (nSPS) is 15.7. The molecular formula is C24H27N5O5. The summed E-state index contributed by atoms with van der Waals surface area (Å²) in [6.45, 7) is 5.94. The third-order valence-electron chi connectivity index (χ3n) is 6.21. The quantitative estimate of drug-likeness (QED) is 0.595. The minimum atomic E-state index is -0.320. The Labute approximate surface area is 196 Å². The standard InChI is InChI=1S/C24H27N5O5/c1-15(2)22(25-24(31)17-6-10-32-13-17)23-27-26-20-5-7-28(8-9-29(20)23)21(30)12-16-3-4-18-19(11-16)34-14-33-18/h3-4,6,10-11,13,15,22H,5,7-9,12,14H2,1-2H3,(H,25,31). The average Bonchev–Trinajstić information content (AvgIpc) is 3.56. The minimum Gasteiger partial charge on any atom is -0.472 e. The second-order valence-electron chi connectivity index (χ2n) is 8.83. The van der Waals surface area contributed by atoms with Gasteiger partial charge in [0.05, 0.1) is 24.3 Å². The molecule has 2 aliphatic heterocycles. The molecule has 5 rings (SSSR count). The third kappa shape index (κ3) is 4.35. The lowest BCUT2D eigenvalue weighted by Crippen LogP contribution is -2.36. The van der Waals surface area contributed by atoms with Gasteiger partial charge in [-0.2, -0.15) is 0 Å². The van der Waals surface area contributed by atoms with Crippen LogP contribution in [0.2, 0.25) is 0 Å². The molecule has 4 heterocycles. The molecule has 0 fully saturated rings. The molecule has 0 saturated heterocycles. The molecule has 3 aromatic rings. The summed E-state index contributed by atoms with van der Waals surface area (Å²) in [4.78, 5) is 27.5. The van der Waals surface area contributed by atoms with E-state index in [1.165, 1.54) is 12.5 Å².